The first kappa shape index (κ1) is 23.0. The predicted octanol–water partition coefficient (Wildman–Crippen LogP) is 2.53. The van der Waals surface area contributed by atoms with Gasteiger partial charge in [0.15, 0.2) is 0 Å². The molecule has 3 rings (SSSR count). The van der Waals surface area contributed by atoms with Crippen molar-refractivity contribution in [2.24, 2.45) is 11.8 Å². The van der Waals surface area contributed by atoms with Crippen molar-refractivity contribution in [1.29, 1.82) is 0 Å². The molecule has 1 fully saturated rings. The molecular formula is C23H28ClN3O4. The molecule has 7 nitrogen and oxygen atoms in total. The number of allylic oxidation sites excluding steroid dienone is 2. The molecule has 0 radical (unpaired) electrons. The molecule has 3 atom stereocenters. The van der Waals surface area contributed by atoms with E-state index in [1.54, 1.807) is 25.1 Å². The van der Waals surface area contributed by atoms with Gasteiger partial charge in [-0.05, 0) is 44.4 Å². The molecule has 1 aromatic carbocycles. The quantitative estimate of drug-likeness (QED) is 0.492. The number of imide groups is 1. The Balaban J connectivity index is 1.71. The molecule has 8 heteroatoms. The maximum Gasteiger partial charge on any atom is 0.242 e. The minimum Gasteiger partial charge on any atom is -0.355 e. The number of likely N-dealkylation sites (tertiary alicyclic amines) is 1. The average molecular weight is 446 g/mol. The highest BCUT2D eigenvalue weighted by Gasteiger charge is 2.47. The monoisotopic (exact) mass is 445 g/mol. The zero-order valence-corrected chi connectivity index (χ0v) is 18.6. The molecule has 1 aromatic rings. The van der Waals surface area contributed by atoms with Gasteiger partial charge in [0.05, 0.1) is 11.8 Å². The third-order valence-corrected chi connectivity index (χ3v) is 6.14. The number of rotatable bonds is 8. The van der Waals surface area contributed by atoms with Gasteiger partial charge in [-0.15, -0.1) is 0 Å². The van der Waals surface area contributed by atoms with Crippen LogP contribution in [0.25, 0.3) is 0 Å². The van der Waals surface area contributed by atoms with Gasteiger partial charge in [0.25, 0.3) is 0 Å². The lowest BCUT2D eigenvalue weighted by Crippen LogP contribution is -2.48. The number of fused-ring (bicyclic) bond motifs is 1. The van der Waals surface area contributed by atoms with Gasteiger partial charge in [-0.2, -0.15) is 0 Å². The molecular weight excluding hydrogens is 418 g/mol. The summed E-state index contributed by atoms with van der Waals surface area (Å²) in [6, 6.07) is 6.40. The minimum atomic E-state index is -0.705. The van der Waals surface area contributed by atoms with Crippen LogP contribution in [0, 0.1) is 11.8 Å². The molecule has 1 N–H and O–H groups in total. The standard InChI is InChI=1S/C23H28ClN3O4/c1-3-25-21(29)15(2)27(14-16-7-6-8-17(24)13-16)20(28)11-12-26-22(30)18-9-4-5-10-19(18)23(26)31/h4-8,13,15,18-19H,3,9-12,14H2,1-2H3,(H,25,29)/t15-,18-,19+/m0/s1. The predicted molar refractivity (Wildman–Crippen MR) is 117 cm³/mol. The second-order valence-electron chi connectivity index (χ2n) is 7.96. The fourth-order valence-electron chi connectivity index (χ4n) is 4.18. The van der Waals surface area contributed by atoms with Gasteiger partial charge >= 0.3 is 0 Å². The van der Waals surface area contributed by atoms with E-state index in [1.165, 1.54) is 9.80 Å². The Morgan fingerprint density at radius 2 is 1.84 bits per heavy atom. The number of likely N-dealkylation sites (N-methyl/N-ethyl adjacent to an activating group) is 1. The molecule has 1 heterocycles. The van der Waals surface area contributed by atoms with Gasteiger partial charge in [-0.25, -0.2) is 0 Å². The molecule has 0 aromatic heterocycles. The van der Waals surface area contributed by atoms with Crippen molar-refractivity contribution >= 4 is 35.2 Å². The highest BCUT2D eigenvalue weighted by molar-refractivity contribution is 6.30. The summed E-state index contributed by atoms with van der Waals surface area (Å²) in [4.78, 5) is 53.5. The number of carbonyl (C=O) groups excluding carboxylic acids is 4. The van der Waals surface area contributed by atoms with Crippen molar-refractivity contribution in [3.63, 3.8) is 0 Å². The molecule has 31 heavy (non-hydrogen) atoms. The smallest absolute Gasteiger partial charge is 0.242 e. The van der Waals surface area contributed by atoms with Crippen molar-refractivity contribution in [3.8, 4) is 0 Å². The van der Waals surface area contributed by atoms with Crippen LogP contribution in [-0.4, -0.2) is 52.6 Å². The van der Waals surface area contributed by atoms with Crippen molar-refractivity contribution in [1.82, 2.24) is 15.1 Å². The van der Waals surface area contributed by atoms with E-state index < -0.39 is 6.04 Å². The molecule has 4 amide bonds. The van der Waals surface area contributed by atoms with Gasteiger partial charge in [-0.1, -0.05) is 35.9 Å². The van der Waals surface area contributed by atoms with E-state index in [-0.39, 0.29) is 55.0 Å². The maximum atomic E-state index is 13.1. The summed E-state index contributed by atoms with van der Waals surface area (Å²) in [7, 11) is 0. The summed E-state index contributed by atoms with van der Waals surface area (Å²) in [6.07, 6.45) is 4.96. The van der Waals surface area contributed by atoms with Crippen LogP contribution in [-0.2, 0) is 25.7 Å². The van der Waals surface area contributed by atoms with Gasteiger partial charge in [0, 0.05) is 31.1 Å². The molecule has 0 bridgehead atoms. The summed E-state index contributed by atoms with van der Waals surface area (Å²) < 4.78 is 0. The van der Waals surface area contributed by atoms with E-state index in [2.05, 4.69) is 5.32 Å². The van der Waals surface area contributed by atoms with Crippen LogP contribution in [0.3, 0.4) is 0 Å². The fourth-order valence-corrected chi connectivity index (χ4v) is 4.39. The van der Waals surface area contributed by atoms with Gasteiger partial charge in [0.2, 0.25) is 23.6 Å². The second-order valence-corrected chi connectivity index (χ2v) is 8.39. The molecule has 0 unspecified atom stereocenters. The molecule has 166 valence electrons. The molecule has 0 spiro atoms. The average Bonchev–Trinajstić information content (AvgIpc) is 3.00. The van der Waals surface area contributed by atoms with Crippen molar-refractivity contribution in [2.45, 2.75) is 45.7 Å². The summed E-state index contributed by atoms with van der Waals surface area (Å²) in [6.45, 7) is 4.16. The highest BCUT2D eigenvalue weighted by atomic mass is 35.5. The van der Waals surface area contributed by atoms with Crippen molar-refractivity contribution < 1.29 is 19.2 Å². The summed E-state index contributed by atoms with van der Waals surface area (Å²) in [5, 5.41) is 3.28. The number of hydrogen-bond acceptors (Lipinski definition) is 4. The van der Waals surface area contributed by atoms with E-state index in [0.717, 1.165) is 5.56 Å². The SMILES string of the molecule is CCNC(=O)[C@H](C)N(Cc1cccc(Cl)c1)C(=O)CCN1C(=O)[C@H]2CC=CC[C@H]2C1=O. The number of nitrogens with zero attached hydrogens (tertiary/aromatic N) is 2. The maximum absolute atomic E-state index is 13.1. The Morgan fingerprint density at radius 3 is 2.42 bits per heavy atom. The number of amides is 4. The lowest BCUT2D eigenvalue weighted by atomic mass is 9.85. The van der Waals surface area contributed by atoms with E-state index in [0.29, 0.717) is 24.4 Å². The second kappa shape index (κ2) is 10.1. The Labute approximate surface area is 187 Å². The first-order chi connectivity index (χ1) is 14.8. The Kier molecular flexibility index (Phi) is 7.49. The van der Waals surface area contributed by atoms with Gasteiger partial charge in [-0.3, -0.25) is 24.1 Å². The normalized spacial score (nSPS) is 21.1. The third-order valence-electron chi connectivity index (χ3n) is 5.91. The highest BCUT2D eigenvalue weighted by Crippen LogP contribution is 2.35. The summed E-state index contributed by atoms with van der Waals surface area (Å²) in [5.41, 5.74) is 0.794. The molecule has 0 saturated carbocycles. The fraction of sp³-hybridized carbons (Fsp3) is 0.478. The number of hydrogen-bond donors (Lipinski definition) is 1. The van der Waals surface area contributed by atoms with E-state index in [9.17, 15) is 19.2 Å². The van der Waals surface area contributed by atoms with Crippen LogP contribution >= 0.6 is 11.6 Å². The van der Waals surface area contributed by atoms with E-state index >= 15 is 0 Å². The number of carbonyl (C=O) groups is 4. The number of benzene rings is 1. The number of halogens is 1. The Hall–Kier alpha value is -2.67. The lowest BCUT2D eigenvalue weighted by molar-refractivity contribution is -0.143. The summed E-state index contributed by atoms with van der Waals surface area (Å²) in [5.74, 6) is -1.60. The van der Waals surface area contributed by atoms with Crippen LogP contribution in [0.15, 0.2) is 36.4 Å². The Bertz CT molecular complexity index is 875. The summed E-state index contributed by atoms with van der Waals surface area (Å²) >= 11 is 6.07. The Morgan fingerprint density at radius 1 is 1.19 bits per heavy atom. The van der Waals surface area contributed by atoms with Gasteiger partial charge in [0.1, 0.15) is 6.04 Å². The van der Waals surface area contributed by atoms with Crippen LogP contribution in [0.4, 0.5) is 0 Å². The van der Waals surface area contributed by atoms with Crippen molar-refractivity contribution in [2.75, 3.05) is 13.1 Å². The zero-order chi connectivity index (χ0) is 22.5. The van der Waals surface area contributed by atoms with Crippen LogP contribution in [0.1, 0.15) is 38.7 Å². The largest absolute Gasteiger partial charge is 0.355 e. The van der Waals surface area contributed by atoms with Gasteiger partial charge < -0.3 is 10.2 Å². The van der Waals surface area contributed by atoms with E-state index in [4.69, 9.17) is 11.6 Å². The first-order valence-electron chi connectivity index (χ1n) is 10.6. The topological polar surface area (TPSA) is 86.8 Å². The molecule has 1 aliphatic heterocycles. The zero-order valence-electron chi connectivity index (χ0n) is 17.8. The lowest BCUT2D eigenvalue weighted by Gasteiger charge is -2.29. The van der Waals surface area contributed by atoms with Crippen LogP contribution < -0.4 is 5.32 Å². The van der Waals surface area contributed by atoms with Crippen LogP contribution in [0.5, 0.6) is 0 Å². The molecule has 1 saturated heterocycles. The minimum absolute atomic E-state index is 0.0255. The molecule has 1 aliphatic carbocycles. The van der Waals surface area contributed by atoms with Crippen LogP contribution in [0.2, 0.25) is 5.02 Å². The van der Waals surface area contributed by atoms with E-state index in [1.807, 2.05) is 25.1 Å². The number of nitrogens with one attached hydrogen (secondary N) is 1. The van der Waals surface area contributed by atoms with Crippen molar-refractivity contribution in [3.05, 3.63) is 47.0 Å². The third kappa shape index (κ3) is 5.15. The molecule has 2 aliphatic rings. The first-order valence-corrected chi connectivity index (χ1v) is 11.0.